The first-order valence-corrected chi connectivity index (χ1v) is 12.3. The summed E-state index contributed by atoms with van der Waals surface area (Å²) in [6.45, 7) is 9.91. The summed E-state index contributed by atoms with van der Waals surface area (Å²) < 4.78 is 7.51. The van der Waals surface area contributed by atoms with Crippen molar-refractivity contribution >= 4 is 18.0 Å². The van der Waals surface area contributed by atoms with Gasteiger partial charge < -0.3 is 20.5 Å². The molecule has 3 N–H and O–H groups in total. The lowest BCUT2D eigenvalue weighted by molar-refractivity contribution is -0.137. The van der Waals surface area contributed by atoms with Crippen molar-refractivity contribution in [2.24, 2.45) is 23.2 Å². The summed E-state index contributed by atoms with van der Waals surface area (Å²) in [4.78, 5) is 25.7. The van der Waals surface area contributed by atoms with Crippen molar-refractivity contribution in [3.63, 3.8) is 0 Å². The number of rotatable bonds is 8. The maximum Gasteiger partial charge on any atom is 0.258 e. The zero-order valence-electron chi connectivity index (χ0n) is 20.4. The van der Waals surface area contributed by atoms with Crippen LogP contribution in [-0.2, 0) is 4.79 Å². The van der Waals surface area contributed by atoms with Crippen molar-refractivity contribution in [3.8, 4) is 5.88 Å². The number of nitrogens with one attached hydrogen (secondary N) is 2. The highest BCUT2D eigenvalue weighted by Crippen LogP contribution is 2.55. The molecule has 0 spiro atoms. The first-order chi connectivity index (χ1) is 15.5. The van der Waals surface area contributed by atoms with Gasteiger partial charge in [0.15, 0.2) is 0 Å². The number of carbonyl (C=O) groups excluding carboxylic acids is 2. The fourth-order valence-corrected chi connectivity index (χ4v) is 6.12. The first kappa shape index (κ1) is 23.8. The van der Waals surface area contributed by atoms with Gasteiger partial charge in [-0.05, 0) is 84.5 Å². The van der Waals surface area contributed by atoms with Crippen LogP contribution in [0.4, 0.5) is 0 Å². The van der Waals surface area contributed by atoms with Crippen LogP contribution in [0.15, 0.2) is 12.3 Å². The number of hydrogen-bond donors (Lipinski definition) is 3. The van der Waals surface area contributed by atoms with E-state index in [0.717, 1.165) is 32.1 Å². The zero-order valence-corrected chi connectivity index (χ0v) is 20.4. The Labute approximate surface area is 196 Å². The van der Waals surface area contributed by atoms with E-state index in [-0.39, 0.29) is 24.0 Å². The van der Waals surface area contributed by atoms with Crippen molar-refractivity contribution in [2.75, 3.05) is 6.54 Å². The summed E-state index contributed by atoms with van der Waals surface area (Å²) in [5.41, 5.74) is -0.882. The van der Waals surface area contributed by atoms with Gasteiger partial charge >= 0.3 is 0 Å². The lowest BCUT2D eigenvalue weighted by atomic mass is 9.52. The van der Waals surface area contributed by atoms with Crippen LogP contribution in [0.3, 0.4) is 0 Å². The van der Waals surface area contributed by atoms with E-state index in [1.165, 1.54) is 10.9 Å². The van der Waals surface area contributed by atoms with Crippen LogP contribution in [0, 0.1) is 23.2 Å². The molecule has 0 saturated heterocycles. The van der Waals surface area contributed by atoms with E-state index < -0.39 is 11.0 Å². The molecular formula is C25H38N4O4. The number of carbonyl (C=O) groups is 2. The van der Waals surface area contributed by atoms with E-state index >= 15 is 0 Å². The highest BCUT2D eigenvalue weighted by Gasteiger charge is 2.55. The summed E-state index contributed by atoms with van der Waals surface area (Å²) in [6, 6.07) is 0.0804. The van der Waals surface area contributed by atoms with Crippen molar-refractivity contribution in [2.45, 2.75) is 84.5 Å². The first-order valence-electron chi connectivity index (χ1n) is 12.3. The molecule has 1 heterocycles. The molecule has 8 nitrogen and oxygen atoms in total. The number of amides is 2. The van der Waals surface area contributed by atoms with Crippen LogP contribution in [0.5, 0.6) is 5.88 Å². The van der Waals surface area contributed by atoms with Gasteiger partial charge in [0.05, 0.1) is 23.3 Å². The van der Waals surface area contributed by atoms with E-state index in [1.807, 2.05) is 34.6 Å². The molecule has 4 fully saturated rings. The Balaban J connectivity index is 1.53. The standard InChI is InChI=1S/C25H38N4O4/c1-6-26-23(31)24(4,5)7-8-29-22(33-15(2)3)19(14-27-29)21(30)28-20-17-9-16-10-18(20)13-25(32,11-16)12-17/h7-8,14-18,20,32H,6,9-13H2,1-5H3,(H,26,31)(H,28,30). The molecule has 4 bridgehead atoms. The maximum atomic E-state index is 13.3. The predicted octanol–water partition coefficient (Wildman–Crippen LogP) is 2.97. The average Bonchev–Trinajstić information content (AvgIpc) is 3.10. The molecule has 4 aliphatic rings. The van der Waals surface area contributed by atoms with Gasteiger partial charge in [-0.1, -0.05) is 6.08 Å². The normalized spacial score (nSPS) is 30.8. The quantitative estimate of drug-likeness (QED) is 0.555. The number of aromatic nitrogens is 2. The summed E-state index contributed by atoms with van der Waals surface area (Å²) in [5, 5.41) is 21.3. The topological polar surface area (TPSA) is 105 Å². The molecule has 4 aliphatic carbocycles. The molecule has 5 rings (SSSR count). The third kappa shape index (κ3) is 4.81. The van der Waals surface area contributed by atoms with Crippen LogP contribution in [0.25, 0.3) is 6.20 Å². The van der Waals surface area contributed by atoms with Crippen LogP contribution >= 0.6 is 0 Å². The molecule has 2 amide bonds. The Morgan fingerprint density at radius 1 is 1.30 bits per heavy atom. The molecule has 1 aromatic heterocycles. The molecule has 0 radical (unpaired) electrons. The Hall–Kier alpha value is -2.35. The molecule has 0 aliphatic heterocycles. The van der Waals surface area contributed by atoms with Gasteiger partial charge in [-0.15, -0.1) is 0 Å². The second-order valence-electron chi connectivity index (χ2n) is 11.1. The van der Waals surface area contributed by atoms with Gasteiger partial charge in [-0.2, -0.15) is 5.10 Å². The zero-order chi connectivity index (χ0) is 24.0. The van der Waals surface area contributed by atoms with Gasteiger partial charge in [0.1, 0.15) is 5.56 Å². The monoisotopic (exact) mass is 458 g/mol. The SMILES string of the molecule is CCNC(=O)C(C)(C)C=Cn1ncc(C(=O)NC2C3CC4CC2CC(O)(C4)C3)c1OC(C)C. The molecule has 2 unspecified atom stereocenters. The molecule has 2 atom stereocenters. The summed E-state index contributed by atoms with van der Waals surface area (Å²) >= 11 is 0. The van der Waals surface area contributed by atoms with E-state index in [9.17, 15) is 14.7 Å². The minimum absolute atomic E-state index is 0.0804. The third-order valence-electron chi connectivity index (χ3n) is 7.44. The molecule has 182 valence electrons. The minimum Gasteiger partial charge on any atom is -0.474 e. The molecule has 8 heteroatoms. The number of nitrogens with zero attached hydrogens (tertiary/aromatic N) is 2. The van der Waals surface area contributed by atoms with E-state index in [0.29, 0.717) is 35.7 Å². The Morgan fingerprint density at radius 3 is 2.55 bits per heavy atom. The molecule has 1 aromatic rings. The molecule has 33 heavy (non-hydrogen) atoms. The lowest BCUT2D eigenvalue weighted by Crippen LogP contribution is -2.61. The molecular weight excluding hydrogens is 420 g/mol. The Morgan fingerprint density at radius 2 is 1.97 bits per heavy atom. The Kier molecular flexibility index (Phi) is 6.33. The van der Waals surface area contributed by atoms with Crippen LogP contribution in [0.1, 0.15) is 77.1 Å². The van der Waals surface area contributed by atoms with Crippen molar-refractivity contribution in [3.05, 3.63) is 17.8 Å². The molecule has 4 saturated carbocycles. The lowest BCUT2D eigenvalue weighted by Gasteiger charge is -2.58. The summed E-state index contributed by atoms with van der Waals surface area (Å²) in [5.74, 6) is 1.33. The predicted molar refractivity (Wildman–Crippen MR) is 126 cm³/mol. The largest absolute Gasteiger partial charge is 0.474 e. The third-order valence-corrected chi connectivity index (χ3v) is 7.44. The second kappa shape index (κ2) is 8.78. The average molecular weight is 459 g/mol. The van der Waals surface area contributed by atoms with Gasteiger partial charge in [-0.3, -0.25) is 9.59 Å². The van der Waals surface area contributed by atoms with E-state index in [4.69, 9.17) is 4.74 Å². The van der Waals surface area contributed by atoms with Crippen molar-refractivity contribution in [1.29, 1.82) is 0 Å². The summed E-state index contributed by atoms with van der Waals surface area (Å²) in [7, 11) is 0. The van der Waals surface area contributed by atoms with Crippen LogP contribution in [-0.4, -0.2) is 51.0 Å². The summed E-state index contributed by atoms with van der Waals surface area (Å²) in [6.07, 6.45) is 9.45. The van der Waals surface area contributed by atoms with Crippen molar-refractivity contribution < 1.29 is 19.4 Å². The van der Waals surface area contributed by atoms with Gasteiger partial charge in [-0.25, -0.2) is 4.68 Å². The second-order valence-corrected chi connectivity index (χ2v) is 11.1. The minimum atomic E-state index is -0.736. The Bertz CT molecular complexity index is 919. The highest BCUT2D eigenvalue weighted by atomic mass is 16.5. The van der Waals surface area contributed by atoms with E-state index in [1.54, 1.807) is 12.3 Å². The number of aliphatic hydroxyl groups is 1. The smallest absolute Gasteiger partial charge is 0.258 e. The van der Waals surface area contributed by atoms with Gasteiger partial charge in [0, 0.05) is 18.8 Å². The van der Waals surface area contributed by atoms with Crippen molar-refractivity contribution in [1.82, 2.24) is 20.4 Å². The maximum absolute atomic E-state index is 13.3. The number of ether oxygens (including phenoxy) is 1. The molecule has 0 aromatic carbocycles. The fourth-order valence-electron chi connectivity index (χ4n) is 6.12. The highest BCUT2D eigenvalue weighted by molar-refractivity contribution is 5.96. The number of hydrogen-bond acceptors (Lipinski definition) is 5. The van der Waals surface area contributed by atoms with Crippen LogP contribution < -0.4 is 15.4 Å². The fraction of sp³-hybridized carbons (Fsp3) is 0.720. The van der Waals surface area contributed by atoms with E-state index in [2.05, 4.69) is 15.7 Å². The van der Waals surface area contributed by atoms with Gasteiger partial charge in [0.2, 0.25) is 11.8 Å². The van der Waals surface area contributed by atoms with Crippen LogP contribution in [0.2, 0.25) is 0 Å². The van der Waals surface area contributed by atoms with Gasteiger partial charge in [0.25, 0.3) is 5.91 Å².